The van der Waals surface area contributed by atoms with Gasteiger partial charge in [0.15, 0.2) is 0 Å². The molecule has 0 spiro atoms. The summed E-state index contributed by atoms with van der Waals surface area (Å²) < 4.78 is 0. The number of hydrogen-bond acceptors (Lipinski definition) is 3. The molecule has 0 radical (unpaired) electrons. The van der Waals surface area contributed by atoms with E-state index in [1.165, 1.54) is 16.5 Å². The Balaban J connectivity index is 1.42. The Bertz CT molecular complexity index is 1200. The fourth-order valence-electron chi connectivity index (χ4n) is 4.51. The molecule has 2 aliphatic rings. The minimum Gasteiger partial charge on any atom is -0.325 e. The minimum absolute atomic E-state index is 0.0441. The van der Waals surface area contributed by atoms with Crippen LogP contribution in [0.25, 0.3) is 10.8 Å². The molecule has 5 rings (SSSR count). The van der Waals surface area contributed by atoms with Gasteiger partial charge in [-0.1, -0.05) is 36.4 Å². The highest BCUT2D eigenvalue weighted by Crippen LogP contribution is 2.38. The fourth-order valence-corrected chi connectivity index (χ4v) is 4.51. The van der Waals surface area contributed by atoms with Crippen LogP contribution in [0.1, 0.15) is 23.1 Å². The summed E-state index contributed by atoms with van der Waals surface area (Å²) in [4.78, 5) is 27.3. The summed E-state index contributed by atoms with van der Waals surface area (Å²) in [6, 6.07) is 19.3. The van der Waals surface area contributed by atoms with Crippen molar-refractivity contribution >= 4 is 34.0 Å². The van der Waals surface area contributed by atoms with Crippen LogP contribution < -0.4 is 10.2 Å². The summed E-state index contributed by atoms with van der Waals surface area (Å²) in [5.41, 5.74) is 4.43. The third-order valence-corrected chi connectivity index (χ3v) is 5.95. The molecule has 5 nitrogen and oxygen atoms in total. The van der Waals surface area contributed by atoms with Gasteiger partial charge in [-0.3, -0.25) is 9.59 Å². The summed E-state index contributed by atoms with van der Waals surface area (Å²) in [5.74, 6) is -0.718. The van der Waals surface area contributed by atoms with Crippen molar-refractivity contribution in [3.63, 3.8) is 0 Å². The maximum absolute atomic E-state index is 12.8. The van der Waals surface area contributed by atoms with Crippen molar-refractivity contribution in [1.29, 1.82) is 5.26 Å². The molecule has 1 atom stereocenters. The van der Waals surface area contributed by atoms with Gasteiger partial charge in [0, 0.05) is 18.4 Å². The van der Waals surface area contributed by atoms with Gasteiger partial charge in [-0.15, -0.1) is 0 Å². The van der Waals surface area contributed by atoms with E-state index in [-0.39, 0.29) is 18.2 Å². The number of amides is 2. The van der Waals surface area contributed by atoms with Crippen molar-refractivity contribution in [3.8, 4) is 6.07 Å². The van der Waals surface area contributed by atoms with E-state index in [2.05, 4.69) is 29.6 Å². The number of benzene rings is 3. The van der Waals surface area contributed by atoms with Crippen LogP contribution in [0.2, 0.25) is 0 Å². The standard InChI is InChI=1S/C24H19N3O2/c25-13-17-4-1-2-7-20(17)26-24(29)18-12-22(28)27(14-18)21-11-10-16-9-8-15-5-3-6-19(21)23(15)16/h1-7,10-11,18H,8-9,12,14H2,(H,26,29). The van der Waals surface area contributed by atoms with Crippen LogP contribution in [0.15, 0.2) is 54.6 Å². The van der Waals surface area contributed by atoms with E-state index in [0.717, 1.165) is 23.9 Å². The Morgan fingerprint density at radius 3 is 2.66 bits per heavy atom. The number of anilines is 2. The molecule has 0 saturated carbocycles. The lowest BCUT2D eigenvalue weighted by molar-refractivity contribution is -0.122. The van der Waals surface area contributed by atoms with E-state index in [4.69, 9.17) is 0 Å². The molecule has 2 amide bonds. The second kappa shape index (κ2) is 6.75. The Morgan fingerprint density at radius 1 is 1.03 bits per heavy atom. The van der Waals surface area contributed by atoms with E-state index in [9.17, 15) is 14.9 Å². The normalized spacial score (nSPS) is 17.6. The highest BCUT2D eigenvalue weighted by atomic mass is 16.2. The first-order chi connectivity index (χ1) is 14.2. The topological polar surface area (TPSA) is 73.2 Å². The fraction of sp³-hybridized carbons (Fsp3) is 0.208. The van der Waals surface area contributed by atoms with Gasteiger partial charge in [0.05, 0.1) is 22.9 Å². The average Bonchev–Trinajstić information content (AvgIpc) is 3.34. The highest BCUT2D eigenvalue weighted by Gasteiger charge is 2.36. The van der Waals surface area contributed by atoms with Crippen molar-refractivity contribution < 1.29 is 9.59 Å². The third kappa shape index (κ3) is 2.85. The number of carbonyl (C=O) groups excluding carboxylic acids is 2. The monoisotopic (exact) mass is 381 g/mol. The van der Waals surface area contributed by atoms with Gasteiger partial charge in [0.2, 0.25) is 11.8 Å². The van der Waals surface area contributed by atoms with E-state index in [0.29, 0.717) is 17.8 Å². The Morgan fingerprint density at radius 2 is 1.83 bits per heavy atom. The van der Waals surface area contributed by atoms with Crippen molar-refractivity contribution in [2.75, 3.05) is 16.8 Å². The molecule has 5 heteroatoms. The maximum atomic E-state index is 12.8. The molecule has 1 aliphatic carbocycles. The predicted octanol–water partition coefficient (Wildman–Crippen LogP) is 3.80. The summed E-state index contributed by atoms with van der Waals surface area (Å²) in [5, 5.41) is 14.4. The summed E-state index contributed by atoms with van der Waals surface area (Å²) in [7, 11) is 0. The summed E-state index contributed by atoms with van der Waals surface area (Å²) >= 11 is 0. The second-order valence-electron chi connectivity index (χ2n) is 7.64. The largest absolute Gasteiger partial charge is 0.325 e. The molecular weight excluding hydrogens is 362 g/mol. The van der Waals surface area contributed by atoms with Crippen LogP contribution in [-0.2, 0) is 22.4 Å². The number of nitrogens with zero attached hydrogens (tertiary/aromatic N) is 2. The molecule has 29 heavy (non-hydrogen) atoms. The summed E-state index contributed by atoms with van der Waals surface area (Å²) in [6.45, 7) is 0.345. The van der Waals surface area contributed by atoms with Gasteiger partial charge in [-0.05, 0) is 47.6 Å². The zero-order chi connectivity index (χ0) is 20.0. The Hall–Kier alpha value is -3.65. The van der Waals surface area contributed by atoms with Gasteiger partial charge in [0.25, 0.3) is 0 Å². The number of hydrogen-bond donors (Lipinski definition) is 1. The quantitative estimate of drug-likeness (QED) is 0.750. The molecule has 3 aromatic carbocycles. The molecule has 1 unspecified atom stereocenters. The van der Waals surface area contributed by atoms with Gasteiger partial charge < -0.3 is 10.2 Å². The molecular formula is C24H19N3O2. The molecule has 0 bridgehead atoms. The molecule has 1 heterocycles. The van der Waals surface area contributed by atoms with Crippen LogP contribution in [0.4, 0.5) is 11.4 Å². The lowest BCUT2D eigenvalue weighted by atomic mass is 10.0. The van der Waals surface area contributed by atoms with Crippen molar-refractivity contribution in [3.05, 3.63) is 71.3 Å². The van der Waals surface area contributed by atoms with Gasteiger partial charge in [0.1, 0.15) is 6.07 Å². The zero-order valence-corrected chi connectivity index (χ0v) is 15.8. The van der Waals surface area contributed by atoms with Crippen LogP contribution in [0, 0.1) is 17.2 Å². The highest BCUT2D eigenvalue weighted by molar-refractivity contribution is 6.09. The number of para-hydroxylation sites is 1. The van der Waals surface area contributed by atoms with Crippen molar-refractivity contribution in [1.82, 2.24) is 0 Å². The number of nitrogens with one attached hydrogen (secondary N) is 1. The molecule has 1 N–H and O–H groups in total. The van der Waals surface area contributed by atoms with Crippen LogP contribution in [0.5, 0.6) is 0 Å². The SMILES string of the molecule is N#Cc1ccccc1NC(=O)C1CC(=O)N(c2ccc3c4c(cccc24)CC3)C1. The van der Waals surface area contributed by atoms with E-state index in [1.54, 1.807) is 29.2 Å². The Kier molecular flexibility index (Phi) is 4.06. The first-order valence-electron chi connectivity index (χ1n) is 9.79. The van der Waals surface area contributed by atoms with Gasteiger partial charge >= 0.3 is 0 Å². The molecule has 3 aromatic rings. The molecule has 1 aliphatic heterocycles. The lowest BCUT2D eigenvalue weighted by Gasteiger charge is -2.20. The first-order valence-corrected chi connectivity index (χ1v) is 9.79. The first kappa shape index (κ1) is 17.4. The van der Waals surface area contributed by atoms with Gasteiger partial charge in [-0.2, -0.15) is 5.26 Å². The zero-order valence-electron chi connectivity index (χ0n) is 15.8. The summed E-state index contributed by atoms with van der Waals surface area (Å²) in [6.07, 6.45) is 2.24. The third-order valence-electron chi connectivity index (χ3n) is 5.95. The van der Waals surface area contributed by atoms with E-state index < -0.39 is 5.92 Å². The van der Waals surface area contributed by atoms with Crippen LogP contribution in [0.3, 0.4) is 0 Å². The van der Waals surface area contributed by atoms with E-state index in [1.807, 2.05) is 12.1 Å². The molecule has 1 saturated heterocycles. The molecule has 1 fully saturated rings. The van der Waals surface area contributed by atoms with Crippen LogP contribution >= 0.6 is 0 Å². The van der Waals surface area contributed by atoms with Crippen molar-refractivity contribution in [2.24, 2.45) is 5.92 Å². The van der Waals surface area contributed by atoms with E-state index >= 15 is 0 Å². The Labute approximate surface area is 168 Å². The van der Waals surface area contributed by atoms with Gasteiger partial charge in [-0.25, -0.2) is 0 Å². The number of carbonyl (C=O) groups is 2. The number of aryl methyl sites for hydroxylation is 2. The smallest absolute Gasteiger partial charge is 0.229 e. The van der Waals surface area contributed by atoms with Crippen molar-refractivity contribution in [2.45, 2.75) is 19.3 Å². The lowest BCUT2D eigenvalue weighted by Crippen LogP contribution is -2.28. The number of nitriles is 1. The second-order valence-corrected chi connectivity index (χ2v) is 7.64. The predicted molar refractivity (Wildman–Crippen MR) is 112 cm³/mol. The minimum atomic E-state index is -0.447. The molecule has 142 valence electrons. The molecule has 0 aromatic heterocycles. The number of rotatable bonds is 3. The van der Waals surface area contributed by atoms with Crippen LogP contribution in [-0.4, -0.2) is 18.4 Å². The maximum Gasteiger partial charge on any atom is 0.229 e. The average molecular weight is 381 g/mol.